The van der Waals surface area contributed by atoms with Gasteiger partial charge in [-0.25, -0.2) is 4.79 Å². The van der Waals surface area contributed by atoms with Crippen molar-refractivity contribution in [3.63, 3.8) is 0 Å². The first kappa shape index (κ1) is 17.2. The van der Waals surface area contributed by atoms with Crippen LogP contribution in [-0.4, -0.2) is 19.5 Å². The molecule has 5 heteroatoms. The van der Waals surface area contributed by atoms with Crippen LogP contribution in [-0.2, 0) is 4.84 Å². The zero-order chi connectivity index (χ0) is 18.2. The van der Waals surface area contributed by atoms with Crippen LogP contribution in [0.25, 0.3) is 11.1 Å². The molecule has 130 valence electrons. The molecule has 26 heavy (non-hydrogen) atoms. The summed E-state index contributed by atoms with van der Waals surface area (Å²) in [5.41, 5.74) is 2.77. The molecule has 0 aliphatic heterocycles. The molecular formula is C21H17NO4. The van der Waals surface area contributed by atoms with E-state index >= 15 is 0 Å². The number of methoxy groups -OCH3 is 1. The molecule has 0 unspecified atom stereocenters. The fraction of sp³-hybridized carbons (Fsp3) is 0.0476. The lowest BCUT2D eigenvalue weighted by Gasteiger charge is -2.07. The van der Waals surface area contributed by atoms with Crippen molar-refractivity contribution in [2.45, 2.75) is 0 Å². The lowest BCUT2D eigenvalue weighted by Crippen LogP contribution is -2.07. The Morgan fingerprint density at radius 1 is 0.846 bits per heavy atom. The first-order valence-corrected chi connectivity index (χ1v) is 7.97. The standard InChI is InChI=1S/C21H17NO4/c1-24-18-13-11-16(12-14-18)20-10-6-5-7-17(20)15-22-26-21(23)25-19-8-3-2-4-9-19/h2-15H,1H3/b22-15+. The van der Waals surface area contributed by atoms with Gasteiger partial charge in [0.2, 0.25) is 0 Å². The maximum atomic E-state index is 11.7. The highest BCUT2D eigenvalue weighted by Crippen LogP contribution is 2.24. The summed E-state index contributed by atoms with van der Waals surface area (Å²) < 4.78 is 10.2. The zero-order valence-electron chi connectivity index (χ0n) is 14.2. The van der Waals surface area contributed by atoms with E-state index in [1.54, 1.807) is 31.4 Å². The molecule has 0 aromatic heterocycles. The second-order valence-corrected chi connectivity index (χ2v) is 5.31. The Hall–Kier alpha value is -3.60. The van der Waals surface area contributed by atoms with Gasteiger partial charge in [-0.2, -0.15) is 0 Å². The number of nitrogens with zero attached hydrogens (tertiary/aromatic N) is 1. The third-order valence-electron chi connectivity index (χ3n) is 3.63. The number of para-hydroxylation sites is 1. The van der Waals surface area contributed by atoms with Gasteiger partial charge in [0, 0.05) is 5.56 Å². The normalized spacial score (nSPS) is 10.5. The van der Waals surface area contributed by atoms with Gasteiger partial charge in [-0.15, -0.1) is 0 Å². The van der Waals surface area contributed by atoms with Crippen molar-refractivity contribution in [3.8, 4) is 22.6 Å². The maximum Gasteiger partial charge on any atom is 0.540 e. The number of benzene rings is 3. The molecule has 0 radical (unpaired) electrons. The van der Waals surface area contributed by atoms with E-state index in [0.717, 1.165) is 22.4 Å². The summed E-state index contributed by atoms with van der Waals surface area (Å²) >= 11 is 0. The van der Waals surface area contributed by atoms with Crippen molar-refractivity contribution in [2.24, 2.45) is 5.16 Å². The molecule has 5 nitrogen and oxygen atoms in total. The average Bonchev–Trinajstić information content (AvgIpc) is 2.69. The maximum absolute atomic E-state index is 11.7. The Labute approximate surface area is 151 Å². The van der Waals surface area contributed by atoms with Crippen molar-refractivity contribution in [3.05, 3.63) is 84.4 Å². The lowest BCUT2D eigenvalue weighted by molar-refractivity contribution is 0.103. The van der Waals surface area contributed by atoms with E-state index in [1.807, 2.05) is 54.6 Å². The Morgan fingerprint density at radius 2 is 1.54 bits per heavy atom. The van der Waals surface area contributed by atoms with Crippen molar-refractivity contribution >= 4 is 12.4 Å². The first-order valence-electron chi connectivity index (χ1n) is 7.97. The van der Waals surface area contributed by atoms with Gasteiger partial charge in [-0.3, -0.25) is 4.84 Å². The van der Waals surface area contributed by atoms with Gasteiger partial charge in [0.15, 0.2) is 0 Å². The highest BCUT2D eigenvalue weighted by atomic mass is 16.8. The van der Waals surface area contributed by atoms with Crippen molar-refractivity contribution in [1.82, 2.24) is 0 Å². The Bertz CT molecular complexity index is 889. The summed E-state index contributed by atoms with van der Waals surface area (Å²) in [6, 6.07) is 24.0. The van der Waals surface area contributed by atoms with Crippen molar-refractivity contribution in [2.75, 3.05) is 7.11 Å². The fourth-order valence-electron chi connectivity index (χ4n) is 2.37. The van der Waals surface area contributed by atoms with E-state index < -0.39 is 6.16 Å². The predicted octanol–water partition coefficient (Wildman–Crippen LogP) is 4.91. The van der Waals surface area contributed by atoms with Crippen LogP contribution in [0.15, 0.2) is 84.0 Å². The van der Waals surface area contributed by atoms with Crippen LogP contribution in [0.2, 0.25) is 0 Å². The van der Waals surface area contributed by atoms with Gasteiger partial charge in [0.05, 0.1) is 13.3 Å². The molecule has 0 bridgehead atoms. The van der Waals surface area contributed by atoms with Crippen LogP contribution >= 0.6 is 0 Å². The average molecular weight is 347 g/mol. The van der Waals surface area contributed by atoms with Gasteiger partial charge in [0.1, 0.15) is 11.5 Å². The Kier molecular flexibility index (Phi) is 5.62. The third-order valence-corrected chi connectivity index (χ3v) is 3.63. The van der Waals surface area contributed by atoms with E-state index in [2.05, 4.69) is 5.16 Å². The number of rotatable bonds is 5. The van der Waals surface area contributed by atoms with Crippen LogP contribution in [0.3, 0.4) is 0 Å². The fourth-order valence-corrected chi connectivity index (χ4v) is 2.37. The lowest BCUT2D eigenvalue weighted by atomic mass is 10.0. The van der Waals surface area contributed by atoms with Crippen molar-refractivity contribution < 1.29 is 19.1 Å². The molecule has 0 aliphatic rings. The quantitative estimate of drug-likeness (QED) is 0.216. The molecule has 0 atom stereocenters. The molecule has 3 aromatic rings. The minimum atomic E-state index is -0.894. The van der Waals surface area contributed by atoms with Gasteiger partial charge in [0.25, 0.3) is 0 Å². The molecule has 0 fully saturated rings. The highest BCUT2D eigenvalue weighted by molar-refractivity contribution is 5.90. The predicted molar refractivity (Wildman–Crippen MR) is 99.6 cm³/mol. The number of carbonyl (C=O) groups excluding carboxylic acids is 1. The second kappa shape index (κ2) is 8.48. The van der Waals surface area contributed by atoms with Crippen LogP contribution in [0.4, 0.5) is 4.79 Å². The summed E-state index contributed by atoms with van der Waals surface area (Å²) in [5.74, 6) is 1.18. The summed E-state index contributed by atoms with van der Waals surface area (Å²) in [6.45, 7) is 0. The van der Waals surface area contributed by atoms with Gasteiger partial charge < -0.3 is 9.47 Å². The largest absolute Gasteiger partial charge is 0.540 e. The van der Waals surface area contributed by atoms with E-state index in [4.69, 9.17) is 14.3 Å². The van der Waals surface area contributed by atoms with Crippen LogP contribution < -0.4 is 9.47 Å². The van der Waals surface area contributed by atoms with Crippen LogP contribution in [0.5, 0.6) is 11.5 Å². The van der Waals surface area contributed by atoms with E-state index in [1.165, 1.54) is 6.21 Å². The summed E-state index contributed by atoms with van der Waals surface area (Å²) in [4.78, 5) is 16.4. The number of hydrogen-bond donors (Lipinski definition) is 0. The zero-order valence-corrected chi connectivity index (χ0v) is 14.2. The minimum absolute atomic E-state index is 0.395. The molecule has 0 amide bonds. The monoisotopic (exact) mass is 347 g/mol. The molecule has 0 heterocycles. The second-order valence-electron chi connectivity index (χ2n) is 5.31. The van der Waals surface area contributed by atoms with Gasteiger partial charge in [-0.1, -0.05) is 59.8 Å². The molecule has 0 aliphatic carbocycles. The van der Waals surface area contributed by atoms with Gasteiger partial charge >= 0.3 is 6.16 Å². The SMILES string of the molecule is COc1ccc(-c2ccccc2/C=N/OC(=O)Oc2ccccc2)cc1. The molecule has 0 spiro atoms. The molecule has 0 saturated heterocycles. The highest BCUT2D eigenvalue weighted by Gasteiger charge is 2.06. The Morgan fingerprint density at radius 3 is 2.27 bits per heavy atom. The summed E-state index contributed by atoms with van der Waals surface area (Å²) in [6.07, 6.45) is 0.584. The minimum Gasteiger partial charge on any atom is -0.497 e. The smallest absolute Gasteiger partial charge is 0.497 e. The third kappa shape index (κ3) is 4.48. The number of hydrogen-bond acceptors (Lipinski definition) is 5. The molecular weight excluding hydrogens is 330 g/mol. The first-order chi connectivity index (χ1) is 12.8. The molecule has 0 N–H and O–H groups in total. The van der Waals surface area contributed by atoms with Gasteiger partial charge in [-0.05, 0) is 35.4 Å². The van der Waals surface area contributed by atoms with Crippen molar-refractivity contribution in [1.29, 1.82) is 0 Å². The van der Waals surface area contributed by atoms with Crippen LogP contribution in [0, 0.1) is 0 Å². The van der Waals surface area contributed by atoms with E-state index in [9.17, 15) is 4.79 Å². The number of oxime groups is 1. The molecule has 3 aromatic carbocycles. The molecule has 3 rings (SSSR count). The number of carbonyl (C=O) groups is 1. The van der Waals surface area contributed by atoms with E-state index in [-0.39, 0.29) is 0 Å². The summed E-state index contributed by atoms with van der Waals surface area (Å²) in [7, 11) is 1.63. The molecule has 0 saturated carbocycles. The van der Waals surface area contributed by atoms with Crippen LogP contribution in [0.1, 0.15) is 5.56 Å². The topological polar surface area (TPSA) is 57.1 Å². The number of ether oxygens (including phenoxy) is 2. The van der Waals surface area contributed by atoms with E-state index in [0.29, 0.717) is 5.75 Å². The Balaban J connectivity index is 1.69. The summed E-state index contributed by atoms with van der Waals surface area (Å²) in [5, 5.41) is 3.73.